The van der Waals surface area contributed by atoms with Crippen LogP contribution in [0.15, 0.2) is 17.1 Å². The van der Waals surface area contributed by atoms with Crippen LogP contribution < -0.4 is 0 Å². The predicted octanol–water partition coefficient (Wildman–Crippen LogP) is 1.41. The van der Waals surface area contributed by atoms with Gasteiger partial charge >= 0.3 is 0 Å². The Morgan fingerprint density at radius 1 is 1.86 bits per heavy atom. The van der Waals surface area contributed by atoms with Gasteiger partial charge in [-0.15, -0.1) is 0 Å². The molecule has 1 aliphatic rings. The van der Waals surface area contributed by atoms with E-state index in [9.17, 15) is 0 Å². The molecule has 0 fully saturated rings. The molecule has 0 N–H and O–H groups in total. The van der Waals surface area contributed by atoms with E-state index in [0.29, 0.717) is 0 Å². The Morgan fingerprint density at radius 2 is 2.71 bits per heavy atom. The van der Waals surface area contributed by atoms with Crippen LogP contribution in [-0.2, 0) is 0 Å². The van der Waals surface area contributed by atoms with Crippen molar-refractivity contribution in [2.24, 2.45) is 4.99 Å². The van der Waals surface area contributed by atoms with E-state index in [1.165, 1.54) is 5.71 Å². The van der Waals surface area contributed by atoms with Crippen LogP contribution in [0.3, 0.4) is 0 Å². The van der Waals surface area contributed by atoms with Crippen LogP contribution in [-0.4, -0.2) is 12.3 Å². The van der Waals surface area contributed by atoms with Gasteiger partial charge in [-0.25, -0.2) is 0 Å². The first-order valence-corrected chi connectivity index (χ1v) is 2.63. The number of allylic oxidation sites excluding steroid dienone is 1. The first kappa shape index (κ1) is 4.57. The molecule has 1 rings (SSSR count). The van der Waals surface area contributed by atoms with Crippen LogP contribution in [0.2, 0.25) is 0 Å². The highest BCUT2D eigenvalue weighted by Crippen LogP contribution is 1.95. The van der Waals surface area contributed by atoms with Gasteiger partial charge in [0.15, 0.2) is 0 Å². The third-order valence-electron chi connectivity index (χ3n) is 1.07. The molecule has 38 valence electrons. The molecule has 0 aromatic heterocycles. The number of hydrogen-bond acceptors (Lipinski definition) is 1. The number of hydrogen-bond donors (Lipinski definition) is 0. The van der Waals surface area contributed by atoms with E-state index >= 15 is 0 Å². The summed E-state index contributed by atoms with van der Waals surface area (Å²) in [6.07, 6.45) is 5.25. The molecule has 1 heterocycles. The molecule has 0 spiro atoms. The largest absolute Gasteiger partial charge is 0.286 e. The molecule has 0 saturated carbocycles. The lowest BCUT2D eigenvalue weighted by Gasteiger charge is -1.82. The van der Waals surface area contributed by atoms with Crippen LogP contribution in [0.5, 0.6) is 0 Å². The quantitative estimate of drug-likeness (QED) is 0.467. The maximum Gasteiger partial charge on any atom is 0.0577 e. The molecule has 7 heavy (non-hydrogen) atoms. The molecule has 0 aromatic rings. The zero-order chi connectivity index (χ0) is 5.11. The monoisotopic (exact) mass is 95.1 g/mol. The summed E-state index contributed by atoms with van der Waals surface area (Å²) in [5.74, 6) is 0. The van der Waals surface area contributed by atoms with Gasteiger partial charge in [-0.1, -0.05) is 13.0 Å². The van der Waals surface area contributed by atoms with Crippen molar-refractivity contribution in [3.63, 3.8) is 0 Å². The SMILES string of the molecule is CCC1=NCC=C1. The first-order valence-electron chi connectivity index (χ1n) is 2.63. The second kappa shape index (κ2) is 1.92. The molecule has 1 heteroatoms. The van der Waals surface area contributed by atoms with Gasteiger partial charge < -0.3 is 0 Å². The number of aliphatic imine (C=N–C) groups is 1. The molecular weight excluding hydrogens is 86.1 g/mol. The summed E-state index contributed by atoms with van der Waals surface area (Å²) in [7, 11) is 0. The molecule has 0 saturated heterocycles. The van der Waals surface area contributed by atoms with Crippen molar-refractivity contribution >= 4 is 5.71 Å². The molecule has 0 unspecified atom stereocenters. The number of rotatable bonds is 1. The Morgan fingerprint density at radius 3 is 3.00 bits per heavy atom. The maximum absolute atomic E-state index is 4.16. The fourth-order valence-electron chi connectivity index (χ4n) is 0.641. The summed E-state index contributed by atoms with van der Waals surface area (Å²) in [5.41, 5.74) is 1.24. The topological polar surface area (TPSA) is 12.4 Å². The Kier molecular flexibility index (Phi) is 1.25. The Balaban J connectivity index is 2.52. The highest BCUT2D eigenvalue weighted by Gasteiger charge is 1.91. The van der Waals surface area contributed by atoms with Gasteiger partial charge in [-0.2, -0.15) is 0 Å². The molecule has 0 amide bonds. The molecular formula is C6H9N. The zero-order valence-corrected chi connectivity index (χ0v) is 4.52. The molecule has 0 bridgehead atoms. The Hall–Kier alpha value is -0.590. The van der Waals surface area contributed by atoms with E-state index in [-0.39, 0.29) is 0 Å². The molecule has 1 nitrogen and oxygen atoms in total. The van der Waals surface area contributed by atoms with E-state index in [0.717, 1.165) is 13.0 Å². The van der Waals surface area contributed by atoms with Crippen LogP contribution in [0, 0.1) is 0 Å². The Labute approximate surface area is 43.8 Å². The summed E-state index contributed by atoms with van der Waals surface area (Å²) in [6, 6.07) is 0. The lowest BCUT2D eigenvalue weighted by Crippen LogP contribution is -1.83. The van der Waals surface area contributed by atoms with Crippen molar-refractivity contribution in [3.8, 4) is 0 Å². The van der Waals surface area contributed by atoms with E-state index in [2.05, 4.69) is 24.1 Å². The highest BCUT2D eigenvalue weighted by molar-refractivity contribution is 5.96. The lowest BCUT2D eigenvalue weighted by atomic mass is 10.3. The summed E-state index contributed by atoms with van der Waals surface area (Å²) >= 11 is 0. The minimum Gasteiger partial charge on any atom is -0.286 e. The van der Waals surface area contributed by atoms with Crippen LogP contribution in [0.25, 0.3) is 0 Å². The third-order valence-corrected chi connectivity index (χ3v) is 1.07. The smallest absolute Gasteiger partial charge is 0.0577 e. The average Bonchev–Trinajstić information content (AvgIpc) is 2.14. The van der Waals surface area contributed by atoms with Crippen LogP contribution in [0.1, 0.15) is 13.3 Å². The average molecular weight is 95.1 g/mol. The van der Waals surface area contributed by atoms with Gasteiger partial charge in [0.1, 0.15) is 0 Å². The van der Waals surface area contributed by atoms with Crippen LogP contribution in [0.4, 0.5) is 0 Å². The van der Waals surface area contributed by atoms with E-state index in [1.807, 2.05) is 0 Å². The van der Waals surface area contributed by atoms with E-state index in [1.54, 1.807) is 0 Å². The summed E-state index contributed by atoms with van der Waals surface area (Å²) in [5, 5.41) is 0. The van der Waals surface area contributed by atoms with Gasteiger partial charge in [0.05, 0.1) is 6.54 Å². The van der Waals surface area contributed by atoms with Crippen molar-refractivity contribution in [1.82, 2.24) is 0 Å². The normalized spacial score (nSPS) is 17.6. The molecule has 1 aliphatic heterocycles. The van der Waals surface area contributed by atoms with Crippen molar-refractivity contribution in [2.75, 3.05) is 6.54 Å². The van der Waals surface area contributed by atoms with E-state index < -0.39 is 0 Å². The van der Waals surface area contributed by atoms with Crippen molar-refractivity contribution < 1.29 is 0 Å². The molecule has 0 atom stereocenters. The first-order chi connectivity index (χ1) is 3.43. The molecule has 0 aromatic carbocycles. The zero-order valence-electron chi connectivity index (χ0n) is 4.52. The molecule has 0 aliphatic carbocycles. The van der Waals surface area contributed by atoms with Gasteiger partial charge in [0.2, 0.25) is 0 Å². The van der Waals surface area contributed by atoms with Crippen molar-refractivity contribution in [1.29, 1.82) is 0 Å². The predicted molar refractivity (Wildman–Crippen MR) is 31.7 cm³/mol. The van der Waals surface area contributed by atoms with Gasteiger partial charge in [0.25, 0.3) is 0 Å². The second-order valence-corrected chi connectivity index (χ2v) is 1.59. The van der Waals surface area contributed by atoms with Crippen molar-refractivity contribution in [3.05, 3.63) is 12.2 Å². The fourth-order valence-corrected chi connectivity index (χ4v) is 0.641. The second-order valence-electron chi connectivity index (χ2n) is 1.59. The fraction of sp³-hybridized carbons (Fsp3) is 0.500. The van der Waals surface area contributed by atoms with Gasteiger partial charge in [-0.05, 0) is 12.5 Å². The van der Waals surface area contributed by atoms with Gasteiger partial charge in [0, 0.05) is 5.71 Å². The number of nitrogens with zero attached hydrogens (tertiary/aromatic N) is 1. The standard InChI is InChI=1S/C6H9N/c1-2-6-4-3-5-7-6/h3-4H,2,5H2,1H3. The van der Waals surface area contributed by atoms with Gasteiger partial charge in [-0.3, -0.25) is 4.99 Å². The van der Waals surface area contributed by atoms with Crippen LogP contribution >= 0.6 is 0 Å². The Bertz CT molecular complexity index is 111. The van der Waals surface area contributed by atoms with E-state index in [4.69, 9.17) is 0 Å². The summed E-state index contributed by atoms with van der Waals surface area (Å²) < 4.78 is 0. The molecule has 0 radical (unpaired) electrons. The lowest BCUT2D eigenvalue weighted by molar-refractivity contribution is 1.22. The summed E-state index contributed by atoms with van der Waals surface area (Å²) in [6.45, 7) is 3.03. The highest BCUT2D eigenvalue weighted by atomic mass is 14.7. The maximum atomic E-state index is 4.16. The minimum absolute atomic E-state index is 0.906. The minimum atomic E-state index is 0.906. The third kappa shape index (κ3) is 0.889. The summed E-state index contributed by atoms with van der Waals surface area (Å²) in [4.78, 5) is 4.16. The van der Waals surface area contributed by atoms with Crippen molar-refractivity contribution in [2.45, 2.75) is 13.3 Å².